The summed E-state index contributed by atoms with van der Waals surface area (Å²) in [5.41, 5.74) is 2.52. The number of aromatic nitrogens is 3. The number of hydrogen-bond donors (Lipinski definition) is 2. The lowest BCUT2D eigenvalue weighted by Crippen LogP contribution is -2.38. The van der Waals surface area contributed by atoms with Gasteiger partial charge in [0.05, 0.1) is 12.6 Å². The molecule has 2 heterocycles. The Morgan fingerprint density at radius 1 is 1.18 bits per heavy atom. The monoisotopic (exact) mass is 510 g/mol. The molecule has 28 heavy (non-hydrogen) atoms. The van der Waals surface area contributed by atoms with Crippen LogP contribution in [-0.4, -0.2) is 20.7 Å². The molecule has 3 rings (SSSR count). The molecule has 0 bridgehead atoms. The third-order valence-electron chi connectivity index (χ3n) is 4.58. The quantitative estimate of drug-likeness (QED) is 0.298. The molecule has 0 aliphatic rings. The van der Waals surface area contributed by atoms with Crippen LogP contribution in [-0.2, 0) is 20.1 Å². The van der Waals surface area contributed by atoms with Crippen LogP contribution >= 0.6 is 35.3 Å². The van der Waals surface area contributed by atoms with Crippen molar-refractivity contribution in [2.75, 3.05) is 0 Å². The predicted octanol–water partition coefficient (Wildman–Crippen LogP) is 4.11. The topological polar surface area (TPSA) is 67.1 Å². The van der Waals surface area contributed by atoms with Gasteiger partial charge in [-0.3, -0.25) is 0 Å². The molecule has 0 amide bonds. The van der Waals surface area contributed by atoms with Crippen molar-refractivity contribution in [1.29, 1.82) is 0 Å². The van der Waals surface area contributed by atoms with Gasteiger partial charge in [-0.25, -0.2) is 4.99 Å². The first-order chi connectivity index (χ1) is 13.0. The van der Waals surface area contributed by atoms with Crippen molar-refractivity contribution in [3.05, 3.63) is 69.4 Å². The Labute approximate surface area is 187 Å². The van der Waals surface area contributed by atoms with E-state index in [1.807, 2.05) is 18.5 Å². The third-order valence-corrected chi connectivity index (χ3v) is 5.46. The minimum atomic E-state index is 0. The van der Waals surface area contributed by atoms with Gasteiger partial charge in [0.15, 0.2) is 11.8 Å². The summed E-state index contributed by atoms with van der Waals surface area (Å²) in [6.07, 6.45) is 0. The minimum Gasteiger partial charge on any atom is -0.351 e. The molecule has 0 radical (unpaired) electrons. The Morgan fingerprint density at radius 2 is 1.96 bits per heavy atom. The molecule has 1 unspecified atom stereocenters. The Morgan fingerprint density at radius 3 is 2.61 bits per heavy atom. The van der Waals surface area contributed by atoms with Crippen LogP contribution in [0, 0.1) is 13.8 Å². The number of rotatable bonds is 6. The molecule has 1 atom stereocenters. The van der Waals surface area contributed by atoms with E-state index in [4.69, 9.17) is 4.99 Å². The number of aliphatic imine (C=N–C) groups is 1. The molecule has 0 spiro atoms. The number of nitrogens with zero attached hydrogens (tertiary/aromatic N) is 4. The highest BCUT2D eigenvalue weighted by molar-refractivity contribution is 14.0. The average molecular weight is 510 g/mol. The van der Waals surface area contributed by atoms with Gasteiger partial charge < -0.3 is 15.2 Å². The second-order valence-electron chi connectivity index (χ2n) is 6.54. The lowest BCUT2D eigenvalue weighted by Gasteiger charge is -2.20. The number of hydrogen-bond acceptors (Lipinski definition) is 4. The van der Waals surface area contributed by atoms with E-state index in [-0.39, 0.29) is 30.0 Å². The highest BCUT2D eigenvalue weighted by Crippen LogP contribution is 2.16. The summed E-state index contributed by atoms with van der Waals surface area (Å²) < 4.78 is 1.96. The van der Waals surface area contributed by atoms with Gasteiger partial charge >= 0.3 is 0 Å². The number of guanidine groups is 1. The molecule has 0 saturated carbocycles. The fourth-order valence-corrected chi connectivity index (χ4v) is 3.48. The molecule has 6 nitrogen and oxygen atoms in total. The van der Waals surface area contributed by atoms with Gasteiger partial charge in [-0.05, 0) is 43.3 Å². The van der Waals surface area contributed by atoms with Gasteiger partial charge in [-0.15, -0.1) is 45.5 Å². The van der Waals surface area contributed by atoms with Crippen LogP contribution in [0.15, 0.2) is 46.8 Å². The van der Waals surface area contributed by atoms with Crippen LogP contribution in [0.3, 0.4) is 0 Å². The van der Waals surface area contributed by atoms with Gasteiger partial charge in [0.1, 0.15) is 12.4 Å². The summed E-state index contributed by atoms with van der Waals surface area (Å²) in [6, 6.07) is 12.7. The zero-order chi connectivity index (χ0) is 19.2. The fraction of sp³-hybridized carbons (Fsp3) is 0.350. The van der Waals surface area contributed by atoms with Crippen molar-refractivity contribution < 1.29 is 0 Å². The highest BCUT2D eigenvalue weighted by atomic mass is 127. The van der Waals surface area contributed by atoms with Crippen LogP contribution in [0.1, 0.15) is 40.6 Å². The minimum absolute atomic E-state index is 0. The van der Waals surface area contributed by atoms with Crippen LogP contribution in [0.2, 0.25) is 0 Å². The Balaban J connectivity index is 0.00000280. The van der Waals surface area contributed by atoms with Crippen LogP contribution in [0.5, 0.6) is 0 Å². The zero-order valence-corrected chi connectivity index (χ0v) is 19.8. The van der Waals surface area contributed by atoms with Crippen molar-refractivity contribution >= 4 is 41.3 Å². The van der Waals surface area contributed by atoms with Crippen molar-refractivity contribution in [3.63, 3.8) is 0 Å². The number of thiophene rings is 1. The van der Waals surface area contributed by atoms with E-state index in [1.165, 1.54) is 16.0 Å². The molecule has 0 fully saturated rings. The lowest BCUT2D eigenvalue weighted by atomic mass is 10.0. The van der Waals surface area contributed by atoms with E-state index in [2.05, 4.69) is 76.5 Å². The van der Waals surface area contributed by atoms with Gasteiger partial charge in [-0.1, -0.05) is 30.3 Å². The second kappa shape index (κ2) is 10.6. The van der Waals surface area contributed by atoms with Crippen LogP contribution in [0.4, 0.5) is 0 Å². The van der Waals surface area contributed by atoms with Gasteiger partial charge in [0, 0.05) is 11.9 Å². The summed E-state index contributed by atoms with van der Waals surface area (Å²) in [6.45, 7) is 7.43. The lowest BCUT2D eigenvalue weighted by molar-refractivity contribution is 0.674. The molecule has 0 aliphatic carbocycles. The smallest absolute Gasteiger partial charge is 0.192 e. The number of halogens is 1. The van der Waals surface area contributed by atoms with E-state index < -0.39 is 0 Å². The average Bonchev–Trinajstić information content (AvgIpc) is 3.29. The summed E-state index contributed by atoms with van der Waals surface area (Å²) in [4.78, 5) is 6.00. The van der Waals surface area contributed by atoms with Crippen LogP contribution < -0.4 is 10.6 Å². The van der Waals surface area contributed by atoms with Crippen LogP contribution in [0.25, 0.3) is 0 Å². The Bertz CT molecular complexity index is 903. The Kier molecular flexibility index (Phi) is 8.43. The molecule has 1 aromatic carbocycles. The standard InChI is InChI=1S/C20H26N6S.HI/c1-14-8-5-6-10-18(14)15(2)23-20(21-12-17-9-7-11-27-17)22-13-19-25-24-16(3)26(19)4;/h5-11,15H,12-13H2,1-4H3,(H2,21,22,23);1H. The molecule has 3 aromatic rings. The Hall–Kier alpha value is -1.94. The second-order valence-corrected chi connectivity index (χ2v) is 7.58. The van der Waals surface area contributed by atoms with E-state index >= 15 is 0 Å². The summed E-state index contributed by atoms with van der Waals surface area (Å²) >= 11 is 1.73. The van der Waals surface area contributed by atoms with Crippen molar-refractivity contribution in [3.8, 4) is 0 Å². The van der Waals surface area contributed by atoms with Gasteiger partial charge in [-0.2, -0.15) is 0 Å². The molecule has 0 aliphatic heterocycles. The first-order valence-corrected chi connectivity index (χ1v) is 9.90. The number of benzene rings is 1. The zero-order valence-electron chi connectivity index (χ0n) is 16.6. The molecule has 2 aromatic heterocycles. The number of aryl methyl sites for hydroxylation is 2. The number of nitrogens with one attached hydrogen (secondary N) is 2. The van der Waals surface area contributed by atoms with Crippen molar-refractivity contribution in [2.24, 2.45) is 12.0 Å². The molecular formula is C20H27IN6S. The van der Waals surface area contributed by atoms with Crippen molar-refractivity contribution in [2.45, 2.75) is 39.9 Å². The SMILES string of the molecule is Cc1ccccc1C(C)NC(=NCc1nnc(C)n1C)NCc1cccs1.I. The van der Waals surface area contributed by atoms with Gasteiger partial charge in [0.2, 0.25) is 0 Å². The molecular weight excluding hydrogens is 483 g/mol. The van der Waals surface area contributed by atoms with E-state index in [1.54, 1.807) is 11.3 Å². The summed E-state index contributed by atoms with van der Waals surface area (Å²) in [7, 11) is 1.96. The predicted molar refractivity (Wildman–Crippen MR) is 126 cm³/mol. The molecule has 2 N–H and O–H groups in total. The maximum atomic E-state index is 4.74. The maximum absolute atomic E-state index is 4.74. The molecule has 150 valence electrons. The largest absolute Gasteiger partial charge is 0.351 e. The van der Waals surface area contributed by atoms with Gasteiger partial charge in [0.25, 0.3) is 0 Å². The first kappa shape index (κ1) is 22.4. The van der Waals surface area contributed by atoms with E-state index in [0.717, 1.165) is 24.2 Å². The third kappa shape index (κ3) is 5.78. The summed E-state index contributed by atoms with van der Waals surface area (Å²) in [5.74, 6) is 2.49. The highest BCUT2D eigenvalue weighted by Gasteiger charge is 2.11. The maximum Gasteiger partial charge on any atom is 0.192 e. The normalized spacial score (nSPS) is 12.4. The first-order valence-electron chi connectivity index (χ1n) is 9.02. The fourth-order valence-electron chi connectivity index (χ4n) is 2.83. The van der Waals surface area contributed by atoms with Crippen molar-refractivity contribution in [1.82, 2.24) is 25.4 Å². The van der Waals surface area contributed by atoms with E-state index in [9.17, 15) is 0 Å². The molecule has 0 saturated heterocycles. The summed E-state index contributed by atoms with van der Waals surface area (Å²) in [5, 5.41) is 17.3. The molecule has 8 heteroatoms. The van der Waals surface area contributed by atoms with E-state index in [0.29, 0.717) is 6.54 Å².